The van der Waals surface area contributed by atoms with Gasteiger partial charge >= 0.3 is 0 Å². The molecule has 0 radical (unpaired) electrons. The Labute approximate surface area is 85.5 Å². The molecule has 3 nitrogen and oxygen atoms in total. The van der Waals surface area contributed by atoms with Crippen LogP contribution in [0, 0.1) is 0 Å². The molecule has 0 fully saturated rings. The van der Waals surface area contributed by atoms with Gasteiger partial charge in [-0.3, -0.25) is 4.79 Å². The molecule has 0 bridgehead atoms. The van der Waals surface area contributed by atoms with E-state index >= 15 is 0 Å². The smallest absolute Gasteiger partial charge is 0.205 e. The van der Waals surface area contributed by atoms with Gasteiger partial charge in [-0.1, -0.05) is 6.07 Å². The van der Waals surface area contributed by atoms with Crippen LogP contribution in [0.2, 0.25) is 0 Å². The number of rotatable bonds is 3. The van der Waals surface area contributed by atoms with Gasteiger partial charge in [-0.15, -0.1) is 11.3 Å². The molecular formula is C10H8N2OS. The van der Waals surface area contributed by atoms with Crippen molar-refractivity contribution in [2.24, 2.45) is 0 Å². The first-order valence-electron chi connectivity index (χ1n) is 4.19. The number of aromatic nitrogens is 2. The minimum atomic E-state index is -0.0342. The maximum atomic E-state index is 11.6. The number of carbonyl (C=O) groups excluding carboxylic acids is 1. The molecule has 2 heterocycles. The van der Waals surface area contributed by atoms with Gasteiger partial charge in [-0.2, -0.15) is 0 Å². The third-order valence-electron chi connectivity index (χ3n) is 1.73. The van der Waals surface area contributed by atoms with E-state index in [1.807, 2.05) is 17.5 Å². The highest BCUT2D eigenvalue weighted by molar-refractivity contribution is 7.10. The van der Waals surface area contributed by atoms with Gasteiger partial charge < -0.3 is 0 Å². The Bertz CT molecular complexity index is 411. The average molecular weight is 204 g/mol. The summed E-state index contributed by atoms with van der Waals surface area (Å²) in [5.41, 5.74) is 0. The molecule has 14 heavy (non-hydrogen) atoms. The van der Waals surface area contributed by atoms with E-state index in [2.05, 4.69) is 9.97 Å². The first kappa shape index (κ1) is 9.02. The summed E-state index contributed by atoms with van der Waals surface area (Å²) in [5, 5.41) is 1.95. The highest BCUT2D eigenvalue weighted by Crippen LogP contribution is 2.10. The summed E-state index contributed by atoms with van der Waals surface area (Å²) >= 11 is 1.57. The maximum absolute atomic E-state index is 11.6. The molecule has 70 valence electrons. The Morgan fingerprint density at radius 2 is 2.07 bits per heavy atom. The Morgan fingerprint density at radius 3 is 2.71 bits per heavy atom. The van der Waals surface area contributed by atoms with Crippen molar-refractivity contribution in [3.05, 3.63) is 46.7 Å². The first-order chi connectivity index (χ1) is 6.86. The Kier molecular flexibility index (Phi) is 2.65. The van der Waals surface area contributed by atoms with Crippen molar-refractivity contribution in [2.45, 2.75) is 6.42 Å². The lowest BCUT2D eigenvalue weighted by molar-refractivity contribution is 0.0984. The Balaban J connectivity index is 2.11. The number of thiophene rings is 1. The largest absolute Gasteiger partial charge is 0.290 e. The zero-order chi connectivity index (χ0) is 9.80. The number of hydrogen-bond acceptors (Lipinski definition) is 4. The molecule has 0 amide bonds. The van der Waals surface area contributed by atoms with Crippen molar-refractivity contribution in [1.82, 2.24) is 9.97 Å². The van der Waals surface area contributed by atoms with E-state index in [0.717, 1.165) is 4.88 Å². The van der Waals surface area contributed by atoms with E-state index in [1.54, 1.807) is 29.8 Å². The van der Waals surface area contributed by atoms with E-state index < -0.39 is 0 Å². The summed E-state index contributed by atoms with van der Waals surface area (Å²) in [6.45, 7) is 0. The van der Waals surface area contributed by atoms with Crippen LogP contribution in [0.15, 0.2) is 36.0 Å². The normalized spacial score (nSPS) is 10.0. The standard InChI is InChI=1S/C10H8N2OS/c13-9(7-8-3-1-6-14-8)10-11-4-2-5-12-10/h1-6H,7H2. The van der Waals surface area contributed by atoms with E-state index in [4.69, 9.17) is 0 Å². The van der Waals surface area contributed by atoms with Crippen molar-refractivity contribution in [2.75, 3.05) is 0 Å². The monoisotopic (exact) mass is 204 g/mol. The summed E-state index contributed by atoms with van der Waals surface area (Å²) in [7, 11) is 0. The van der Waals surface area contributed by atoms with Crippen LogP contribution in [0.4, 0.5) is 0 Å². The number of carbonyl (C=O) groups is 1. The number of hydrogen-bond donors (Lipinski definition) is 0. The Hall–Kier alpha value is -1.55. The molecule has 2 aromatic rings. The fourth-order valence-electron chi connectivity index (χ4n) is 1.09. The molecule has 0 aliphatic heterocycles. The molecule has 0 aliphatic rings. The molecule has 0 N–H and O–H groups in total. The van der Waals surface area contributed by atoms with E-state index in [9.17, 15) is 4.79 Å². The van der Waals surface area contributed by atoms with Crippen LogP contribution in [-0.2, 0) is 6.42 Å². The minimum Gasteiger partial charge on any atom is -0.290 e. The molecule has 0 aliphatic carbocycles. The van der Waals surface area contributed by atoms with Crippen LogP contribution in [0.5, 0.6) is 0 Å². The quantitative estimate of drug-likeness (QED) is 0.718. The maximum Gasteiger partial charge on any atom is 0.205 e. The van der Waals surface area contributed by atoms with Gasteiger partial charge in [0.05, 0.1) is 0 Å². The number of Topliss-reactive ketones (excluding diaryl/α,β-unsaturated/α-hetero) is 1. The van der Waals surface area contributed by atoms with E-state index in [1.165, 1.54) is 0 Å². The second-order valence-corrected chi connectivity index (χ2v) is 3.78. The molecule has 2 aromatic heterocycles. The van der Waals surface area contributed by atoms with Crippen molar-refractivity contribution in [3.63, 3.8) is 0 Å². The van der Waals surface area contributed by atoms with Crippen molar-refractivity contribution in [1.29, 1.82) is 0 Å². The molecule has 0 spiro atoms. The van der Waals surface area contributed by atoms with Gasteiger partial charge in [-0.25, -0.2) is 9.97 Å². The second-order valence-electron chi connectivity index (χ2n) is 2.75. The van der Waals surface area contributed by atoms with Crippen molar-refractivity contribution < 1.29 is 4.79 Å². The summed E-state index contributed by atoms with van der Waals surface area (Å²) in [5.74, 6) is 0.258. The molecule has 2 rings (SSSR count). The fraction of sp³-hybridized carbons (Fsp3) is 0.100. The van der Waals surface area contributed by atoms with Crippen molar-refractivity contribution >= 4 is 17.1 Å². The summed E-state index contributed by atoms with van der Waals surface area (Å²) < 4.78 is 0. The fourth-order valence-corrected chi connectivity index (χ4v) is 1.80. The SMILES string of the molecule is O=C(Cc1cccs1)c1ncccn1. The number of ketones is 1. The first-order valence-corrected chi connectivity index (χ1v) is 5.07. The van der Waals surface area contributed by atoms with E-state index in [-0.39, 0.29) is 5.78 Å². The van der Waals surface area contributed by atoms with Crippen molar-refractivity contribution in [3.8, 4) is 0 Å². The van der Waals surface area contributed by atoms with Crippen LogP contribution in [-0.4, -0.2) is 15.8 Å². The second kappa shape index (κ2) is 4.11. The van der Waals surface area contributed by atoms with Gasteiger partial charge in [0, 0.05) is 23.7 Å². The molecule has 0 unspecified atom stereocenters. The lowest BCUT2D eigenvalue weighted by atomic mass is 10.2. The minimum absolute atomic E-state index is 0.0342. The Morgan fingerprint density at radius 1 is 1.29 bits per heavy atom. The third kappa shape index (κ3) is 2.03. The number of nitrogens with zero attached hydrogens (tertiary/aromatic N) is 2. The average Bonchev–Trinajstić information content (AvgIpc) is 2.72. The summed E-state index contributed by atoms with van der Waals surface area (Å²) in [6, 6.07) is 5.56. The predicted molar refractivity (Wildman–Crippen MR) is 54.4 cm³/mol. The van der Waals surface area contributed by atoms with Gasteiger partial charge in [0.15, 0.2) is 5.82 Å². The van der Waals surface area contributed by atoms with Gasteiger partial charge in [0.1, 0.15) is 0 Å². The zero-order valence-corrected chi connectivity index (χ0v) is 8.20. The molecule has 0 atom stereocenters. The highest BCUT2D eigenvalue weighted by atomic mass is 32.1. The zero-order valence-electron chi connectivity index (χ0n) is 7.38. The van der Waals surface area contributed by atoms with Gasteiger partial charge in [-0.05, 0) is 17.5 Å². The lowest BCUT2D eigenvalue weighted by Crippen LogP contribution is -2.06. The summed E-state index contributed by atoms with van der Waals surface area (Å²) in [6.07, 6.45) is 3.55. The molecule has 0 saturated carbocycles. The lowest BCUT2D eigenvalue weighted by Gasteiger charge is -1.95. The molecule has 4 heteroatoms. The van der Waals surface area contributed by atoms with Crippen LogP contribution in [0.25, 0.3) is 0 Å². The van der Waals surface area contributed by atoms with Crippen LogP contribution >= 0.6 is 11.3 Å². The van der Waals surface area contributed by atoms with Crippen LogP contribution in [0.1, 0.15) is 15.5 Å². The van der Waals surface area contributed by atoms with Gasteiger partial charge in [0.25, 0.3) is 0 Å². The van der Waals surface area contributed by atoms with Gasteiger partial charge in [0.2, 0.25) is 5.78 Å². The molecule has 0 saturated heterocycles. The molecular weight excluding hydrogens is 196 g/mol. The third-order valence-corrected chi connectivity index (χ3v) is 2.61. The predicted octanol–water partition coefficient (Wildman–Crippen LogP) is 1.96. The van der Waals surface area contributed by atoms with Crippen LogP contribution < -0.4 is 0 Å². The topological polar surface area (TPSA) is 42.9 Å². The highest BCUT2D eigenvalue weighted by Gasteiger charge is 2.09. The van der Waals surface area contributed by atoms with E-state index in [0.29, 0.717) is 12.2 Å². The molecule has 0 aromatic carbocycles. The summed E-state index contributed by atoms with van der Waals surface area (Å²) in [4.78, 5) is 20.4. The van der Waals surface area contributed by atoms with Crippen LogP contribution in [0.3, 0.4) is 0 Å².